The minimum Gasteiger partial charge on any atom is -0.465 e. The van der Waals surface area contributed by atoms with E-state index in [0.29, 0.717) is 23.9 Å². The first-order chi connectivity index (χ1) is 13.0. The number of carbonyl (C=O) groups is 1. The maximum Gasteiger partial charge on any atom is 0.415 e. The van der Waals surface area contributed by atoms with E-state index in [1.54, 1.807) is 0 Å². The van der Waals surface area contributed by atoms with Crippen molar-refractivity contribution in [2.45, 2.75) is 17.8 Å². The molecule has 152 valence electrons. The number of nitrogens with one attached hydrogen (secondary N) is 1. The van der Waals surface area contributed by atoms with Crippen molar-refractivity contribution < 1.29 is 41.5 Å². The fourth-order valence-electron chi connectivity index (χ4n) is 3.22. The number of fused-ring (bicyclic) bond motifs is 1. The van der Waals surface area contributed by atoms with Crippen LogP contribution >= 0.6 is 11.8 Å². The first kappa shape index (κ1) is 20.3. The van der Waals surface area contributed by atoms with Crippen molar-refractivity contribution in [1.82, 2.24) is 5.32 Å². The van der Waals surface area contributed by atoms with Crippen LogP contribution in [0.15, 0.2) is 17.1 Å². The number of ether oxygens (including phenoxy) is 1. The predicted molar refractivity (Wildman–Crippen MR) is 85.0 cm³/mol. The number of rotatable bonds is 2. The van der Waals surface area contributed by atoms with Gasteiger partial charge in [0, 0.05) is 23.3 Å². The standard InChI is InChI=1S/C14H10F5N3O5S/c15-8-2-5(22(25)26)1-6(9(8)16)13-4-27-10(14(17,18)19)7(13)3-28-11(21-13)20-12(23)24/h1-2,7,10H,3-4H2,(H,20,21)(H,23,24)/t7-,10+,13-/m1/s1. The van der Waals surface area contributed by atoms with E-state index in [-0.39, 0.29) is 5.17 Å². The van der Waals surface area contributed by atoms with Gasteiger partial charge in [0.05, 0.1) is 17.6 Å². The van der Waals surface area contributed by atoms with E-state index in [1.165, 1.54) is 0 Å². The molecule has 2 aliphatic heterocycles. The first-order valence-corrected chi connectivity index (χ1v) is 8.49. The van der Waals surface area contributed by atoms with Gasteiger partial charge in [0.25, 0.3) is 5.69 Å². The molecule has 0 bridgehead atoms. The summed E-state index contributed by atoms with van der Waals surface area (Å²) in [5.74, 6) is -5.22. The maximum absolute atomic E-state index is 14.5. The van der Waals surface area contributed by atoms with Gasteiger partial charge >= 0.3 is 12.3 Å². The number of thioether (sulfide) groups is 1. The van der Waals surface area contributed by atoms with Crippen LogP contribution in [0.1, 0.15) is 5.56 Å². The molecule has 0 aromatic heterocycles. The molecule has 0 spiro atoms. The van der Waals surface area contributed by atoms with Crippen molar-refractivity contribution in [3.8, 4) is 0 Å². The number of nitro groups is 1. The molecule has 0 unspecified atom stereocenters. The first-order valence-electron chi connectivity index (χ1n) is 7.50. The molecule has 3 atom stereocenters. The minimum absolute atomic E-state index is 0.291. The van der Waals surface area contributed by atoms with Crippen molar-refractivity contribution in [2.24, 2.45) is 10.9 Å². The number of aliphatic imine (C=N–C) groups is 1. The summed E-state index contributed by atoms with van der Waals surface area (Å²) in [6, 6.07) is 0.880. The number of benzene rings is 1. The molecule has 3 rings (SSSR count). The van der Waals surface area contributed by atoms with Crippen LogP contribution in [0.2, 0.25) is 0 Å². The Labute approximate surface area is 156 Å². The molecule has 0 aliphatic carbocycles. The average Bonchev–Trinajstić information content (AvgIpc) is 2.96. The van der Waals surface area contributed by atoms with Crippen LogP contribution < -0.4 is 5.32 Å². The lowest BCUT2D eigenvalue weighted by molar-refractivity contribution is -0.385. The molecule has 1 aromatic rings. The molecule has 2 aliphatic rings. The van der Waals surface area contributed by atoms with Gasteiger partial charge in [-0.2, -0.15) is 13.2 Å². The van der Waals surface area contributed by atoms with Gasteiger partial charge in [-0.05, 0) is 0 Å². The molecule has 0 saturated carbocycles. The quantitative estimate of drug-likeness (QED) is 0.426. The summed E-state index contributed by atoms with van der Waals surface area (Å²) >= 11 is 0.630. The van der Waals surface area contributed by atoms with E-state index < -0.39 is 70.0 Å². The van der Waals surface area contributed by atoms with Crippen molar-refractivity contribution in [3.05, 3.63) is 39.4 Å². The molecule has 8 nitrogen and oxygen atoms in total. The van der Waals surface area contributed by atoms with Crippen LogP contribution in [0.4, 0.5) is 32.4 Å². The summed E-state index contributed by atoms with van der Waals surface area (Å²) in [6.07, 6.45) is -8.83. The van der Waals surface area contributed by atoms with Gasteiger partial charge in [-0.1, -0.05) is 11.8 Å². The highest BCUT2D eigenvalue weighted by molar-refractivity contribution is 8.13. The monoisotopic (exact) mass is 427 g/mol. The van der Waals surface area contributed by atoms with E-state index in [9.17, 15) is 36.9 Å². The lowest BCUT2D eigenvalue weighted by Crippen LogP contribution is -2.47. The van der Waals surface area contributed by atoms with Crippen molar-refractivity contribution in [3.63, 3.8) is 0 Å². The van der Waals surface area contributed by atoms with Crippen LogP contribution in [0.25, 0.3) is 0 Å². The largest absolute Gasteiger partial charge is 0.465 e. The van der Waals surface area contributed by atoms with Gasteiger partial charge in [-0.15, -0.1) is 0 Å². The van der Waals surface area contributed by atoms with Gasteiger partial charge < -0.3 is 9.84 Å². The Hall–Kier alpha value is -2.48. The number of carboxylic acid groups (broad SMARTS) is 1. The Balaban J connectivity index is 2.22. The maximum atomic E-state index is 14.5. The van der Waals surface area contributed by atoms with Crippen LogP contribution in [0.5, 0.6) is 0 Å². The normalized spacial score (nSPS) is 27.1. The SMILES string of the molecule is O=C(O)NC1=N[C@@]2(c3cc([N+](=O)[O-])cc(F)c3F)CO[C@H](C(F)(F)F)[C@H]2CS1. The van der Waals surface area contributed by atoms with E-state index in [1.807, 2.05) is 5.32 Å². The Bertz CT molecular complexity index is 880. The molecule has 14 heteroatoms. The molecule has 1 amide bonds. The highest BCUT2D eigenvalue weighted by Gasteiger charge is 2.62. The third-order valence-corrected chi connectivity index (χ3v) is 5.38. The molecule has 1 aromatic carbocycles. The zero-order chi connectivity index (χ0) is 20.9. The van der Waals surface area contributed by atoms with Crippen molar-refractivity contribution in [1.29, 1.82) is 0 Å². The lowest BCUT2D eigenvalue weighted by atomic mass is 9.78. The molecule has 2 N–H and O–H groups in total. The minimum atomic E-state index is -4.87. The fourth-order valence-corrected chi connectivity index (χ4v) is 4.40. The Morgan fingerprint density at radius 1 is 1.43 bits per heavy atom. The van der Waals surface area contributed by atoms with Gasteiger partial charge in [0.1, 0.15) is 5.54 Å². The molecular formula is C14H10F5N3O5S. The highest BCUT2D eigenvalue weighted by atomic mass is 32.2. The summed E-state index contributed by atoms with van der Waals surface area (Å²) < 4.78 is 73.3. The van der Waals surface area contributed by atoms with Gasteiger partial charge in [0.15, 0.2) is 22.9 Å². The van der Waals surface area contributed by atoms with Gasteiger partial charge in [-0.25, -0.2) is 18.6 Å². The highest BCUT2D eigenvalue weighted by Crippen LogP contribution is 2.52. The Morgan fingerprint density at radius 2 is 2.11 bits per heavy atom. The van der Waals surface area contributed by atoms with E-state index in [4.69, 9.17) is 9.84 Å². The Kier molecular flexibility index (Phi) is 4.95. The summed E-state index contributed by atoms with van der Waals surface area (Å²) in [4.78, 5) is 24.7. The average molecular weight is 427 g/mol. The van der Waals surface area contributed by atoms with Gasteiger partial charge in [0.2, 0.25) is 0 Å². The lowest BCUT2D eigenvalue weighted by Gasteiger charge is -2.36. The molecule has 2 heterocycles. The van der Waals surface area contributed by atoms with Crippen LogP contribution in [-0.4, -0.2) is 45.9 Å². The Morgan fingerprint density at radius 3 is 2.68 bits per heavy atom. The predicted octanol–water partition coefficient (Wildman–Crippen LogP) is 3.02. The molecule has 28 heavy (non-hydrogen) atoms. The van der Waals surface area contributed by atoms with Crippen molar-refractivity contribution in [2.75, 3.05) is 12.4 Å². The third kappa shape index (κ3) is 3.37. The second kappa shape index (κ2) is 6.84. The third-order valence-electron chi connectivity index (χ3n) is 4.39. The van der Waals surface area contributed by atoms with E-state index in [2.05, 4.69) is 4.99 Å². The second-order valence-electron chi connectivity index (χ2n) is 6.01. The number of hydrogen-bond donors (Lipinski definition) is 2. The summed E-state index contributed by atoms with van der Waals surface area (Å²) in [5, 5.41) is 21.3. The molecule has 1 saturated heterocycles. The van der Waals surface area contributed by atoms with E-state index in [0.717, 1.165) is 0 Å². The second-order valence-corrected chi connectivity index (χ2v) is 7.02. The zero-order valence-corrected chi connectivity index (χ0v) is 14.3. The summed E-state index contributed by atoms with van der Waals surface area (Å²) in [6.45, 7) is -0.870. The van der Waals surface area contributed by atoms with Crippen molar-refractivity contribution >= 4 is 28.7 Å². The summed E-state index contributed by atoms with van der Waals surface area (Å²) in [7, 11) is 0. The van der Waals surface area contributed by atoms with Crippen LogP contribution in [-0.2, 0) is 10.3 Å². The number of hydrogen-bond acceptors (Lipinski definition) is 6. The number of nitro benzene ring substituents is 1. The number of non-ortho nitro benzene ring substituents is 1. The number of halogens is 5. The zero-order valence-electron chi connectivity index (χ0n) is 13.5. The fraction of sp³-hybridized carbons (Fsp3) is 0.429. The molecule has 1 fully saturated rings. The number of alkyl halides is 3. The van der Waals surface area contributed by atoms with Crippen LogP contribution in [0.3, 0.4) is 0 Å². The van der Waals surface area contributed by atoms with Gasteiger partial charge in [-0.3, -0.25) is 15.4 Å². The number of amides is 1. The summed E-state index contributed by atoms with van der Waals surface area (Å²) in [5.41, 5.74) is -3.89. The number of amidine groups is 1. The molecular weight excluding hydrogens is 417 g/mol. The topological polar surface area (TPSA) is 114 Å². The molecule has 0 radical (unpaired) electrons. The smallest absolute Gasteiger partial charge is 0.415 e. The van der Waals surface area contributed by atoms with E-state index >= 15 is 0 Å². The van der Waals surface area contributed by atoms with Crippen LogP contribution in [0, 0.1) is 27.7 Å². The number of nitrogens with zero attached hydrogens (tertiary/aromatic N) is 2.